The zero-order chi connectivity index (χ0) is 10.8. The number of rotatable bonds is 1. The molecule has 1 spiro atoms. The lowest BCUT2D eigenvalue weighted by molar-refractivity contribution is 0.232. The molecule has 3 heteroatoms. The van der Waals surface area contributed by atoms with Gasteiger partial charge in [-0.2, -0.15) is 0 Å². The van der Waals surface area contributed by atoms with Crippen molar-refractivity contribution in [1.29, 1.82) is 0 Å². The summed E-state index contributed by atoms with van der Waals surface area (Å²) in [6.45, 7) is 1.09. The predicted octanol–water partition coefficient (Wildman–Crippen LogP) is 3.18. The molecule has 90 valence electrons. The fraction of sp³-hybridized carbons (Fsp3) is 0.923. The number of thioether (sulfide) groups is 1. The van der Waals surface area contributed by atoms with Crippen LogP contribution in [-0.2, 0) is 0 Å². The molecule has 16 heavy (non-hydrogen) atoms. The number of amidine groups is 1. The van der Waals surface area contributed by atoms with Crippen LogP contribution in [-0.4, -0.2) is 23.5 Å². The van der Waals surface area contributed by atoms with Crippen molar-refractivity contribution >= 4 is 16.9 Å². The molecular weight excluding hydrogens is 216 g/mol. The third kappa shape index (κ3) is 2.24. The Morgan fingerprint density at radius 1 is 1.12 bits per heavy atom. The standard InChI is InChI=1S/C13H22N2S/c1-2-7-13(8-3-1)9-14-12(16-10-13)15-11-5-4-6-11/h11H,1-10H2,(H,14,15). The maximum Gasteiger partial charge on any atom is 0.156 e. The second-order valence-corrected chi connectivity index (χ2v) is 6.71. The molecule has 2 nitrogen and oxygen atoms in total. The van der Waals surface area contributed by atoms with Crippen LogP contribution in [0.1, 0.15) is 51.4 Å². The van der Waals surface area contributed by atoms with Gasteiger partial charge in [0.1, 0.15) is 0 Å². The minimum absolute atomic E-state index is 0.577. The zero-order valence-electron chi connectivity index (χ0n) is 10.0. The molecule has 0 bridgehead atoms. The molecule has 0 radical (unpaired) electrons. The van der Waals surface area contributed by atoms with E-state index in [1.165, 1.54) is 62.3 Å². The van der Waals surface area contributed by atoms with Gasteiger partial charge in [-0.3, -0.25) is 4.99 Å². The number of nitrogens with one attached hydrogen (secondary N) is 1. The van der Waals surface area contributed by atoms with Gasteiger partial charge in [0.25, 0.3) is 0 Å². The van der Waals surface area contributed by atoms with Crippen LogP contribution >= 0.6 is 11.8 Å². The molecule has 0 amide bonds. The summed E-state index contributed by atoms with van der Waals surface area (Å²) in [7, 11) is 0. The lowest BCUT2D eigenvalue weighted by Gasteiger charge is -2.39. The Hall–Kier alpha value is -0.180. The highest BCUT2D eigenvalue weighted by Gasteiger charge is 2.35. The SMILES string of the molecule is C1CCC2(CC1)CN=C(NC1CCC1)SC2. The van der Waals surface area contributed by atoms with E-state index >= 15 is 0 Å². The van der Waals surface area contributed by atoms with Gasteiger partial charge in [0.15, 0.2) is 5.17 Å². The highest BCUT2D eigenvalue weighted by molar-refractivity contribution is 8.13. The molecule has 1 heterocycles. The summed E-state index contributed by atoms with van der Waals surface area (Å²) in [6, 6.07) is 0.742. The van der Waals surface area contributed by atoms with E-state index in [1.54, 1.807) is 0 Å². The highest BCUT2D eigenvalue weighted by atomic mass is 32.2. The molecule has 0 aromatic carbocycles. The molecule has 2 saturated carbocycles. The van der Waals surface area contributed by atoms with Crippen LogP contribution in [0.25, 0.3) is 0 Å². The molecule has 1 aliphatic heterocycles. The van der Waals surface area contributed by atoms with E-state index in [1.807, 2.05) is 11.8 Å². The van der Waals surface area contributed by atoms with Gasteiger partial charge in [-0.05, 0) is 37.5 Å². The fourth-order valence-electron chi connectivity index (χ4n) is 2.97. The normalized spacial score (nSPS) is 29.6. The van der Waals surface area contributed by atoms with Crippen molar-refractivity contribution in [2.75, 3.05) is 12.3 Å². The van der Waals surface area contributed by atoms with Crippen LogP contribution in [0, 0.1) is 5.41 Å². The summed E-state index contributed by atoms with van der Waals surface area (Å²) in [5.41, 5.74) is 0.577. The van der Waals surface area contributed by atoms with Crippen LogP contribution in [0.3, 0.4) is 0 Å². The lowest BCUT2D eigenvalue weighted by atomic mass is 9.75. The summed E-state index contributed by atoms with van der Waals surface area (Å²) < 4.78 is 0. The average molecular weight is 238 g/mol. The van der Waals surface area contributed by atoms with E-state index in [2.05, 4.69) is 5.32 Å². The first-order valence-electron chi connectivity index (χ1n) is 6.80. The van der Waals surface area contributed by atoms with Gasteiger partial charge < -0.3 is 5.32 Å². The summed E-state index contributed by atoms with van der Waals surface area (Å²) in [6.07, 6.45) is 11.3. The number of aliphatic imine (C=N–C) groups is 1. The third-order valence-electron chi connectivity index (χ3n) is 4.42. The summed E-state index contributed by atoms with van der Waals surface area (Å²) in [5.74, 6) is 1.31. The quantitative estimate of drug-likeness (QED) is 0.759. The third-order valence-corrected chi connectivity index (χ3v) is 5.70. The predicted molar refractivity (Wildman–Crippen MR) is 71.1 cm³/mol. The Balaban J connectivity index is 1.56. The van der Waals surface area contributed by atoms with E-state index in [-0.39, 0.29) is 0 Å². The van der Waals surface area contributed by atoms with Crippen LogP contribution in [0.5, 0.6) is 0 Å². The van der Waals surface area contributed by atoms with E-state index in [4.69, 9.17) is 4.99 Å². The first kappa shape index (κ1) is 10.9. The largest absolute Gasteiger partial charge is 0.362 e. The van der Waals surface area contributed by atoms with Gasteiger partial charge in [-0.15, -0.1) is 0 Å². The molecule has 0 unspecified atom stereocenters. The Morgan fingerprint density at radius 3 is 2.50 bits per heavy atom. The minimum Gasteiger partial charge on any atom is -0.362 e. The Bertz CT molecular complexity index is 278. The van der Waals surface area contributed by atoms with Gasteiger partial charge in [-0.1, -0.05) is 31.0 Å². The van der Waals surface area contributed by atoms with Gasteiger partial charge in [0.05, 0.1) is 0 Å². The number of hydrogen-bond donors (Lipinski definition) is 1. The first-order chi connectivity index (χ1) is 7.86. The first-order valence-corrected chi connectivity index (χ1v) is 7.79. The average Bonchev–Trinajstić information content (AvgIpc) is 2.27. The van der Waals surface area contributed by atoms with Gasteiger partial charge in [0, 0.05) is 18.3 Å². The molecule has 1 N–H and O–H groups in total. The Kier molecular flexibility index (Phi) is 3.14. The van der Waals surface area contributed by atoms with Crippen LogP contribution in [0.2, 0.25) is 0 Å². The maximum absolute atomic E-state index is 4.80. The summed E-state index contributed by atoms with van der Waals surface area (Å²) >= 11 is 1.99. The number of hydrogen-bond acceptors (Lipinski definition) is 3. The molecule has 0 aromatic rings. The molecular formula is C13H22N2S. The molecule has 0 aromatic heterocycles. The summed E-state index contributed by atoms with van der Waals surface area (Å²) in [5, 5.41) is 4.83. The highest BCUT2D eigenvalue weighted by Crippen LogP contribution is 2.41. The second-order valence-electron chi connectivity index (χ2n) is 5.74. The van der Waals surface area contributed by atoms with E-state index in [0.29, 0.717) is 5.41 Å². The topological polar surface area (TPSA) is 24.4 Å². The van der Waals surface area contributed by atoms with Crippen molar-refractivity contribution in [3.63, 3.8) is 0 Å². The van der Waals surface area contributed by atoms with E-state index in [0.717, 1.165) is 12.6 Å². The molecule has 0 saturated heterocycles. The maximum atomic E-state index is 4.80. The van der Waals surface area contributed by atoms with Crippen LogP contribution in [0.4, 0.5) is 0 Å². The lowest BCUT2D eigenvalue weighted by Crippen LogP contribution is -2.42. The van der Waals surface area contributed by atoms with Crippen LogP contribution in [0.15, 0.2) is 4.99 Å². The molecule has 2 aliphatic carbocycles. The molecule has 3 aliphatic rings. The Labute approximate surface area is 103 Å². The number of nitrogens with zero attached hydrogens (tertiary/aromatic N) is 1. The van der Waals surface area contributed by atoms with Gasteiger partial charge in [0.2, 0.25) is 0 Å². The van der Waals surface area contributed by atoms with E-state index < -0.39 is 0 Å². The zero-order valence-corrected chi connectivity index (χ0v) is 10.8. The molecule has 0 atom stereocenters. The molecule has 2 fully saturated rings. The second kappa shape index (κ2) is 4.59. The molecule has 3 rings (SSSR count). The van der Waals surface area contributed by atoms with Crippen molar-refractivity contribution in [1.82, 2.24) is 5.32 Å². The van der Waals surface area contributed by atoms with Crippen LogP contribution < -0.4 is 5.32 Å². The van der Waals surface area contributed by atoms with Crippen molar-refractivity contribution in [3.05, 3.63) is 0 Å². The Morgan fingerprint density at radius 2 is 1.94 bits per heavy atom. The van der Waals surface area contributed by atoms with Crippen molar-refractivity contribution in [2.45, 2.75) is 57.4 Å². The minimum atomic E-state index is 0.577. The van der Waals surface area contributed by atoms with Gasteiger partial charge in [-0.25, -0.2) is 0 Å². The van der Waals surface area contributed by atoms with Crippen molar-refractivity contribution in [3.8, 4) is 0 Å². The van der Waals surface area contributed by atoms with Crippen molar-refractivity contribution < 1.29 is 0 Å². The monoisotopic (exact) mass is 238 g/mol. The summed E-state index contributed by atoms with van der Waals surface area (Å²) in [4.78, 5) is 4.80. The smallest absolute Gasteiger partial charge is 0.156 e. The van der Waals surface area contributed by atoms with Crippen molar-refractivity contribution in [2.24, 2.45) is 10.4 Å². The fourth-order valence-corrected chi connectivity index (χ4v) is 4.20. The van der Waals surface area contributed by atoms with Gasteiger partial charge >= 0.3 is 0 Å². The van der Waals surface area contributed by atoms with E-state index in [9.17, 15) is 0 Å².